The number of hydrazine groups is 1. The Hall–Kier alpha value is -3.63. The number of carbonyl (C=O) groups excluding carboxylic acids is 2. The highest BCUT2D eigenvalue weighted by Crippen LogP contribution is 2.31. The molecular weight excluding hydrogens is 570 g/mol. The molecule has 0 atom stereocenters. The number of para-hydroxylation sites is 1. The Morgan fingerprint density at radius 2 is 1.53 bits per heavy atom. The first-order chi connectivity index (χ1) is 18.1. The molecule has 0 heterocycles. The van der Waals surface area contributed by atoms with E-state index in [-0.39, 0.29) is 17.1 Å². The zero-order chi connectivity index (χ0) is 27.5. The summed E-state index contributed by atoms with van der Waals surface area (Å²) in [6.45, 7) is 6.77. The average molecular weight is 601 g/mol. The molecule has 0 saturated heterocycles. The van der Waals surface area contributed by atoms with Gasteiger partial charge in [-0.05, 0) is 81.6 Å². The second kappa shape index (κ2) is 13.8. The molecule has 0 spiro atoms. The molecule has 38 heavy (non-hydrogen) atoms. The Morgan fingerprint density at radius 3 is 2.21 bits per heavy atom. The molecule has 0 radical (unpaired) electrons. The third-order valence-electron chi connectivity index (χ3n) is 5.16. The van der Waals surface area contributed by atoms with Crippen molar-refractivity contribution in [3.05, 3.63) is 88.4 Å². The summed E-state index contributed by atoms with van der Waals surface area (Å²) in [5.41, 5.74) is 6.37. The van der Waals surface area contributed by atoms with Crippen LogP contribution >= 0.6 is 28.1 Å². The third kappa shape index (κ3) is 9.35. The number of halogens is 1. The first-order valence-electron chi connectivity index (χ1n) is 11.9. The van der Waals surface area contributed by atoms with Gasteiger partial charge in [-0.1, -0.05) is 51.1 Å². The maximum atomic E-state index is 12.6. The van der Waals surface area contributed by atoms with E-state index in [1.54, 1.807) is 24.3 Å². The van der Waals surface area contributed by atoms with Crippen LogP contribution in [0, 0.1) is 0 Å². The number of amides is 2. The van der Waals surface area contributed by atoms with Gasteiger partial charge in [0.15, 0.2) is 11.7 Å². The Balaban J connectivity index is 1.39. The standard InChI is InChI=1S/C28H30BrN3O5S/c1-28(2,3)20-12-13-24(23(29)17-20)37-18-25(33)31-32-27(38)30-26(34)19-8-7-11-22(16-19)36-15-14-35-21-9-5-4-6-10-21/h4-13,16-17H,14-15,18H2,1-3H3,(H,31,33)(H2,30,32,34,38). The van der Waals surface area contributed by atoms with Crippen LogP contribution in [0.4, 0.5) is 0 Å². The fourth-order valence-electron chi connectivity index (χ4n) is 3.16. The van der Waals surface area contributed by atoms with Gasteiger partial charge in [0.2, 0.25) is 0 Å². The normalized spacial score (nSPS) is 10.7. The molecule has 0 bridgehead atoms. The highest BCUT2D eigenvalue weighted by molar-refractivity contribution is 9.10. The van der Waals surface area contributed by atoms with Crippen LogP contribution in [-0.2, 0) is 10.2 Å². The largest absolute Gasteiger partial charge is 0.490 e. The predicted octanol–water partition coefficient (Wildman–Crippen LogP) is 4.92. The van der Waals surface area contributed by atoms with E-state index in [4.69, 9.17) is 26.4 Å². The number of hydrogen-bond acceptors (Lipinski definition) is 6. The average Bonchev–Trinajstić information content (AvgIpc) is 2.89. The second-order valence-electron chi connectivity index (χ2n) is 9.18. The first-order valence-corrected chi connectivity index (χ1v) is 13.1. The van der Waals surface area contributed by atoms with Crippen molar-refractivity contribution in [3.63, 3.8) is 0 Å². The molecule has 10 heteroatoms. The summed E-state index contributed by atoms with van der Waals surface area (Å²) >= 11 is 8.58. The number of rotatable bonds is 9. The van der Waals surface area contributed by atoms with E-state index >= 15 is 0 Å². The Kier molecular flexibility index (Phi) is 10.5. The number of ether oxygens (including phenoxy) is 3. The van der Waals surface area contributed by atoms with E-state index in [0.717, 1.165) is 15.8 Å². The zero-order valence-corrected chi connectivity index (χ0v) is 23.8. The van der Waals surface area contributed by atoms with Crippen LogP contribution in [0.1, 0.15) is 36.7 Å². The summed E-state index contributed by atoms with van der Waals surface area (Å²) in [4.78, 5) is 24.7. The van der Waals surface area contributed by atoms with Crippen molar-refractivity contribution in [2.45, 2.75) is 26.2 Å². The lowest BCUT2D eigenvalue weighted by molar-refractivity contribution is -0.123. The summed E-state index contributed by atoms with van der Waals surface area (Å²) < 4.78 is 17.6. The van der Waals surface area contributed by atoms with Crippen molar-refractivity contribution in [1.29, 1.82) is 0 Å². The molecule has 3 aromatic rings. The van der Waals surface area contributed by atoms with Crippen LogP contribution in [0.3, 0.4) is 0 Å². The van der Waals surface area contributed by atoms with E-state index in [0.29, 0.717) is 30.3 Å². The molecule has 0 saturated carbocycles. The van der Waals surface area contributed by atoms with Gasteiger partial charge in [0.1, 0.15) is 30.5 Å². The zero-order valence-electron chi connectivity index (χ0n) is 21.4. The van der Waals surface area contributed by atoms with E-state index in [2.05, 4.69) is 52.9 Å². The number of nitrogens with one attached hydrogen (secondary N) is 3. The van der Waals surface area contributed by atoms with Crippen LogP contribution in [0.2, 0.25) is 0 Å². The van der Waals surface area contributed by atoms with Gasteiger partial charge in [0.05, 0.1) is 4.47 Å². The minimum Gasteiger partial charge on any atom is -0.490 e. The number of hydrogen-bond donors (Lipinski definition) is 3. The lowest BCUT2D eigenvalue weighted by atomic mass is 9.87. The molecule has 0 aliphatic heterocycles. The Bertz CT molecular complexity index is 1260. The number of thiocarbonyl (C=S) groups is 1. The van der Waals surface area contributed by atoms with Crippen molar-refractivity contribution in [3.8, 4) is 17.2 Å². The second-order valence-corrected chi connectivity index (χ2v) is 10.4. The fourth-order valence-corrected chi connectivity index (χ4v) is 3.80. The molecule has 200 valence electrons. The lowest BCUT2D eigenvalue weighted by Gasteiger charge is -2.20. The number of benzene rings is 3. The van der Waals surface area contributed by atoms with E-state index in [1.165, 1.54) is 0 Å². The monoisotopic (exact) mass is 599 g/mol. The molecule has 0 unspecified atom stereocenters. The maximum Gasteiger partial charge on any atom is 0.276 e. The molecule has 3 N–H and O–H groups in total. The summed E-state index contributed by atoms with van der Waals surface area (Å²) in [5.74, 6) is 0.882. The van der Waals surface area contributed by atoms with E-state index in [1.807, 2.05) is 48.5 Å². The van der Waals surface area contributed by atoms with Crippen molar-refractivity contribution < 1.29 is 23.8 Å². The molecule has 3 aromatic carbocycles. The van der Waals surface area contributed by atoms with Gasteiger partial charge in [-0.2, -0.15) is 0 Å². The molecule has 0 aliphatic carbocycles. The van der Waals surface area contributed by atoms with Gasteiger partial charge in [0.25, 0.3) is 11.8 Å². The minimum absolute atomic E-state index is 0.00566. The van der Waals surface area contributed by atoms with Gasteiger partial charge in [-0.25, -0.2) is 0 Å². The van der Waals surface area contributed by atoms with Gasteiger partial charge < -0.3 is 14.2 Å². The first kappa shape index (κ1) is 28.9. The lowest BCUT2D eigenvalue weighted by Crippen LogP contribution is -2.49. The molecule has 0 aliphatic rings. The molecular formula is C28H30BrN3O5S. The van der Waals surface area contributed by atoms with Crippen LogP contribution in [0.15, 0.2) is 77.3 Å². The molecule has 0 aromatic heterocycles. The SMILES string of the molecule is CC(C)(C)c1ccc(OCC(=O)NNC(=S)NC(=O)c2cccc(OCCOc3ccccc3)c2)c(Br)c1. The van der Waals surface area contributed by atoms with Gasteiger partial charge in [-0.15, -0.1) is 0 Å². The maximum absolute atomic E-state index is 12.6. The highest BCUT2D eigenvalue weighted by Gasteiger charge is 2.16. The van der Waals surface area contributed by atoms with Crippen LogP contribution in [0.25, 0.3) is 0 Å². The minimum atomic E-state index is -0.471. The summed E-state index contributed by atoms with van der Waals surface area (Å²) in [6, 6.07) is 21.8. The van der Waals surface area contributed by atoms with Gasteiger partial charge in [0, 0.05) is 5.56 Å². The fraction of sp³-hybridized carbons (Fsp3) is 0.250. The number of carbonyl (C=O) groups is 2. The smallest absolute Gasteiger partial charge is 0.276 e. The topological polar surface area (TPSA) is 97.9 Å². The van der Waals surface area contributed by atoms with Gasteiger partial charge in [-0.3, -0.25) is 25.8 Å². The summed E-state index contributed by atoms with van der Waals surface area (Å²) in [6.07, 6.45) is 0. The molecule has 0 fully saturated rings. The van der Waals surface area contributed by atoms with E-state index in [9.17, 15) is 9.59 Å². The summed E-state index contributed by atoms with van der Waals surface area (Å²) in [7, 11) is 0. The van der Waals surface area contributed by atoms with Crippen molar-refractivity contribution >= 4 is 45.1 Å². The third-order valence-corrected chi connectivity index (χ3v) is 5.98. The van der Waals surface area contributed by atoms with Gasteiger partial charge >= 0.3 is 0 Å². The van der Waals surface area contributed by atoms with Crippen molar-refractivity contribution in [1.82, 2.24) is 16.2 Å². The van der Waals surface area contributed by atoms with Crippen LogP contribution < -0.4 is 30.4 Å². The van der Waals surface area contributed by atoms with E-state index < -0.39 is 11.8 Å². The molecule has 8 nitrogen and oxygen atoms in total. The molecule has 3 rings (SSSR count). The predicted molar refractivity (Wildman–Crippen MR) is 154 cm³/mol. The van der Waals surface area contributed by atoms with Crippen LogP contribution in [0.5, 0.6) is 17.2 Å². The van der Waals surface area contributed by atoms with Crippen LogP contribution in [-0.4, -0.2) is 36.7 Å². The quantitative estimate of drug-likeness (QED) is 0.182. The van der Waals surface area contributed by atoms with Crippen molar-refractivity contribution in [2.75, 3.05) is 19.8 Å². The molecule has 2 amide bonds. The van der Waals surface area contributed by atoms with Crippen molar-refractivity contribution in [2.24, 2.45) is 0 Å². The Morgan fingerprint density at radius 1 is 0.842 bits per heavy atom. The highest BCUT2D eigenvalue weighted by atomic mass is 79.9. The summed E-state index contributed by atoms with van der Waals surface area (Å²) in [5, 5.41) is 2.44. The Labute approximate surface area is 236 Å².